The number of nitrogens with zero attached hydrogens (tertiary/aromatic N) is 3. The Morgan fingerprint density at radius 1 is 0.962 bits per heavy atom. The Kier molecular flexibility index (Phi) is 6.63. The number of ether oxygens (including phenoxy) is 1. The van der Waals surface area contributed by atoms with Crippen molar-refractivity contribution in [2.75, 3.05) is 39.4 Å². The van der Waals surface area contributed by atoms with Gasteiger partial charge in [-0.1, -0.05) is 30.8 Å². The molecule has 0 N–H and O–H groups in total. The zero-order chi connectivity index (χ0) is 17.6. The van der Waals surface area contributed by atoms with E-state index in [9.17, 15) is 0 Å². The summed E-state index contributed by atoms with van der Waals surface area (Å²) in [5, 5.41) is 4.43. The van der Waals surface area contributed by atoms with Gasteiger partial charge in [-0.25, -0.2) is 0 Å². The van der Waals surface area contributed by atoms with Crippen LogP contribution < -0.4 is 0 Å². The fraction of sp³-hybridized carbons (Fsp3) is 0.857. The Bertz CT molecular complexity index is 535. The molecule has 1 atom stereocenters. The minimum Gasteiger partial charge on any atom is -0.379 e. The van der Waals surface area contributed by atoms with Crippen LogP contribution in [0.4, 0.5) is 0 Å². The minimum atomic E-state index is 0.639. The first-order valence-corrected chi connectivity index (χ1v) is 10.9. The van der Waals surface area contributed by atoms with Crippen LogP contribution in [0, 0.1) is 0 Å². The molecular weight excluding hydrogens is 326 g/mol. The van der Waals surface area contributed by atoms with Gasteiger partial charge in [0.1, 0.15) is 0 Å². The summed E-state index contributed by atoms with van der Waals surface area (Å²) in [6.07, 6.45) is 11.9. The van der Waals surface area contributed by atoms with Crippen LogP contribution in [0.3, 0.4) is 0 Å². The molecule has 1 aromatic heterocycles. The van der Waals surface area contributed by atoms with Crippen molar-refractivity contribution in [1.82, 2.24) is 15.0 Å². The lowest BCUT2D eigenvalue weighted by Crippen LogP contribution is -2.43. The van der Waals surface area contributed by atoms with Gasteiger partial charge in [-0.05, 0) is 45.2 Å². The average molecular weight is 362 g/mol. The van der Waals surface area contributed by atoms with Crippen molar-refractivity contribution in [3.8, 4) is 0 Å². The SMILES string of the molecule is c1c(C2CCCCC2)noc1CN1CCCC[C@@H]1CCN1CCOCC1. The van der Waals surface area contributed by atoms with Gasteiger partial charge in [0.25, 0.3) is 0 Å². The molecule has 3 fully saturated rings. The number of rotatable bonds is 6. The third-order valence-corrected chi connectivity index (χ3v) is 6.59. The molecule has 2 saturated heterocycles. The molecule has 2 aliphatic heterocycles. The summed E-state index contributed by atoms with van der Waals surface area (Å²) in [5.41, 5.74) is 1.21. The van der Waals surface area contributed by atoms with Gasteiger partial charge in [-0.2, -0.15) is 0 Å². The van der Waals surface area contributed by atoms with Crippen LogP contribution in [-0.2, 0) is 11.3 Å². The second-order valence-corrected chi connectivity index (χ2v) is 8.42. The first kappa shape index (κ1) is 18.5. The van der Waals surface area contributed by atoms with Gasteiger partial charge in [0.2, 0.25) is 0 Å². The normalized spacial score (nSPS) is 27.0. The monoisotopic (exact) mass is 361 g/mol. The quantitative estimate of drug-likeness (QED) is 0.771. The lowest BCUT2D eigenvalue weighted by atomic mass is 9.87. The number of aromatic nitrogens is 1. The molecule has 146 valence electrons. The summed E-state index contributed by atoms with van der Waals surface area (Å²) in [5.74, 6) is 1.71. The number of hydrogen-bond acceptors (Lipinski definition) is 5. The molecule has 5 nitrogen and oxygen atoms in total. The van der Waals surface area contributed by atoms with Crippen molar-refractivity contribution in [3.63, 3.8) is 0 Å². The summed E-state index contributed by atoms with van der Waals surface area (Å²) in [4.78, 5) is 5.21. The van der Waals surface area contributed by atoms with E-state index < -0.39 is 0 Å². The zero-order valence-electron chi connectivity index (χ0n) is 16.2. The molecular formula is C21H35N3O2. The molecule has 0 radical (unpaired) electrons. The molecule has 3 heterocycles. The Hall–Kier alpha value is -0.910. The lowest BCUT2D eigenvalue weighted by molar-refractivity contribution is 0.0296. The molecule has 3 aliphatic rings. The molecule has 0 spiro atoms. The first-order chi connectivity index (χ1) is 12.9. The van der Waals surface area contributed by atoms with Crippen LogP contribution >= 0.6 is 0 Å². The molecule has 5 heteroatoms. The van der Waals surface area contributed by atoms with E-state index in [1.54, 1.807) is 0 Å². The van der Waals surface area contributed by atoms with Gasteiger partial charge < -0.3 is 9.26 Å². The van der Waals surface area contributed by atoms with E-state index in [0.29, 0.717) is 12.0 Å². The Morgan fingerprint density at radius 3 is 2.62 bits per heavy atom. The first-order valence-electron chi connectivity index (χ1n) is 10.9. The van der Waals surface area contributed by atoms with E-state index in [0.717, 1.165) is 38.6 Å². The van der Waals surface area contributed by atoms with E-state index in [4.69, 9.17) is 9.26 Å². The lowest BCUT2D eigenvalue weighted by Gasteiger charge is -2.37. The van der Waals surface area contributed by atoms with Crippen molar-refractivity contribution in [2.45, 2.75) is 76.3 Å². The van der Waals surface area contributed by atoms with Crippen molar-refractivity contribution in [3.05, 3.63) is 17.5 Å². The van der Waals surface area contributed by atoms with Crippen LogP contribution in [0.1, 0.15) is 75.2 Å². The van der Waals surface area contributed by atoms with Gasteiger partial charge in [-0.3, -0.25) is 9.80 Å². The summed E-state index contributed by atoms with van der Waals surface area (Å²) >= 11 is 0. The second-order valence-electron chi connectivity index (χ2n) is 8.42. The average Bonchev–Trinajstić information content (AvgIpc) is 3.17. The highest BCUT2D eigenvalue weighted by Crippen LogP contribution is 2.32. The fourth-order valence-electron chi connectivity index (χ4n) is 4.95. The molecule has 4 rings (SSSR count). The number of piperidine rings is 1. The van der Waals surface area contributed by atoms with Crippen molar-refractivity contribution >= 4 is 0 Å². The molecule has 1 aliphatic carbocycles. The smallest absolute Gasteiger partial charge is 0.150 e. The molecule has 26 heavy (non-hydrogen) atoms. The highest BCUT2D eigenvalue weighted by Gasteiger charge is 2.26. The third kappa shape index (κ3) is 4.87. The maximum atomic E-state index is 5.74. The van der Waals surface area contributed by atoms with Gasteiger partial charge in [0, 0.05) is 31.1 Å². The van der Waals surface area contributed by atoms with Gasteiger partial charge in [-0.15, -0.1) is 0 Å². The summed E-state index contributed by atoms with van der Waals surface area (Å²) in [6.45, 7) is 7.33. The Labute approximate surface area is 158 Å². The highest BCUT2D eigenvalue weighted by molar-refractivity contribution is 5.11. The molecule has 1 aromatic rings. The van der Waals surface area contributed by atoms with Crippen molar-refractivity contribution < 1.29 is 9.26 Å². The minimum absolute atomic E-state index is 0.639. The largest absolute Gasteiger partial charge is 0.379 e. The van der Waals surface area contributed by atoms with E-state index in [1.165, 1.54) is 76.6 Å². The maximum Gasteiger partial charge on any atom is 0.150 e. The number of morpholine rings is 1. The van der Waals surface area contributed by atoms with Gasteiger partial charge >= 0.3 is 0 Å². The van der Waals surface area contributed by atoms with Crippen molar-refractivity contribution in [2.24, 2.45) is 0 Å². The van der Waals surface area contributed by atoms with E-state index in [-0.39, 0.29) is 0 Å². The predicted octanol–water partition coefficient (Wildman–Crippen LogP) is 3.80. The van der Waals surface area contributed by atoms with Crippen molar-refractivity contribution in [1.29, 1.82) is 0 Å². The van der Waals surface area contributed by atoms with Gasteiger partial charge in [0.15, 0.2) is 5.76 Å². The second kappa shape index (κ2) is 9.34. The van der Waals surface area contributed by atoms with E-state index >= 15 is 0 Å². The summed E-state index contributed by atoms with van der Waals surface area (Å²) in [6, 6.07) is 2.94. The predicted molar refractivity (Wildman–Crippen MR) is 102 cm³/mol. The highest BCUT2D eigenvalue weighted by atomic mass is 16.5. The Morgan fingerprint density at radius 2 is 1.77 bits per heavy atom. The Balaban J connectivity index is 1.30. The molecule has 0 aromatic carbocycles. The maximum absolute atomic E-state index is 5.74. The van der Waals surface area contributed by atoms with E-state index in [1.807, 2.05) is 0 Å². The third-order valence-electron chi connectivity index (χ3n) is 6.59. The number of likely N-dealkylation sites (tertiary alicyclic amines) is 1. The topological polar surface area (TPSA) is 41.7 Å². The number of hydrogen-bond donors (Lipinski definition) is 0. The van der Waals surface area contributed by atoms with Crippen LogP contribution in [0.2, 0.25) is 0 Å². The summed E-state index contributed by atoms with van der Waals surface area (Å²) < 4.78 is 11.2. The summed E-state index contributed by atoms with van der Waals surface area (Å²) in [7, 11) is 0. The van der Waals surface area contributed by atoms with Crippen LogP contribution in [0.25, 0.3) is 0 Å². The molecule has 0 unspecified atom stereocenters. The standard InChI is InChI=1S/C21H35N3O2/c1-2-6-18(7-3-1)21-16-20(26-22-21)17-24-10-5-4-8-19(24)9-11-23-12-14-25-15-13-23/h16,18-19H,1-15,17H2/t19-/m1/s1. The van der Waals surface area contributed by atoms with Crippen LogP contribution in [0.5, 0.6) is 0 Å². The molecule has 0 amide bonds. The zero-order valence-corrected chi connectivity index (χ0v) is 16.2. The fourth-order valence-corrected chi connectivity index (χ4v) is 4.95. The van der Waals surface area contributed by atoms with E-state index in [2.05, 4.69) is 21.0 Å². The molecule has 0 bridgehead atoms. The molecule has 1 saturated carbocycles. The van der Waals surface area contributed by atoms with Crippen LogP contribution in [0.15, 0.2) is 10.6 Å². The van der Waals surface area contributed by atoms with Crippen LogP contribution in [-0.4, -0.2) is 60.4 Å². The van der Waals surface area contributed by atoms with Gasteiger partial charge in [0.05, 0.1) is 25.5 Å².